The van der Waals surface area contributed by atoms with Gasteiger partial charge in [-0.3, -0.25) is 0 Å². The molecule has 0 saturated carbocycles. The molecule has 8 unspecified atom stereocenters. The SMILES string of the molecule is CC1CCN(C)c2ccccc21.CC1COCc2ccccc21.CC1c2ccccc2OC[C@@H]1O.CC1c2ccccc2OC[C@H]1O.COc1ccc2c(c1)C(C)CC(C)(C)O2.COc1ccc2c(c1)OC(C)(C)CC2C.Cc1ccc2c(c1)C(C)CC(C)(C)O2.Cc1cccc2c1COCC2C. The van der Waals surface area contributed by atoms with E-state index in [1.54, 1.807) is 14.2 Å². The zero-order valence-electron chi connectivity index (χ0n) is 65.2. The van der Waals surface area contributed by atoms with Crippen LogP contribution < -0.4 is 38.1 Å². The summed E-state index contributed by atoms with van der Waals surface area (Å²) in [6.45, 7) is 40.0. The molecule has 0 saturated heterocycles. The Balaban J connectivity index is 0.000000137. The van der Waals surface area contributed by atoms with Gasteiger partial charge in [0.25, 0.3) is 0 Å². The van der Waals surface area contributed by atoms with Crippen LogP contribution in [0.25, 0.3) is 0 Å². The molecule has 12 nitrogen and oxygen atoms in total. The molecule has 0 radical (unpaired) electrons. The Kier molecular flexibility index (Phi) is 27.4. The number of hydrogen-bond acceptors (Lipinski definition) is 12. The van der Waals surface area contributed by atoms with Crippen LogP contribution in [-0.2, 0) is 22.7 Å². The molecule has 0 fully saturated rings. The summed E-state index contributed by atoms with van der Waals surface area (Å²) in [5.74, 6) is 10.6. The molecule has 8 aromatic rings. The van der Waals surface area contributed by atoms with Crippen molar-refractivity contribution in [1.29, 1.82) is 0 Å². The molecule has 8 aliphatic heterocycles. The molecule has 8 heterocycles. The first-order chi connectivity index (χ1) is 49.0. The van der Waals surface area contributed by atoms with Gasteiger partial charge in [-0.1, -0.05) is 176 Å². The number of para-hydroxylation sites is 3. The van der Waals surface area contributed by atoms with Crippen LogP contribution >= 0.6 is 0 Å². The van der Waals surface area contributed by atoms with Crippen LogP contribution in [0, 0.1) is 13.8 Å². The minimum atomic E-state index is -0.361. The van der Waals surface area contributed by atoms with Crippen LogP contribution in [-0.4, -0.2) is 93.5 Å². The number of aryl methyl sites for hydroxylation is 2. The van der Waals surface area contributed by atoms with Crippen LogP contribution in [0.3, 0.4) is 0 Å². The summed E-state index contributed by atoms with van der Waals surface area (Å²) in [5, 5.41) is 19.0. The number of nitrogens with zero attached hydrogens (tertiary/aromatic N) is 1. The van der Waals surface area contributed by atoms with Gasteiger partial charge in [-0.25, -0.2) is 0 Å². The van der Waals surface area contributed by atoms with E-state index in [-0.39, 0.29) is 40.8 Å². The fraction of sp³-hybridized carbons (Fsp3) is 0.473. The lowest BCUT2D eigenvalue weighted by Gasteiger charge is -2.36. The van der Waals surface area contributed by atoms with Crippen LogP contribution in [0.5, 0.6) is 40.2 Å². The van der Waals surface area contributed by atoms with Crippen LogP contribution in [0.15, 0.2) is 170 Å². The first-order valence-electron chi connectivity index (χ1n) is 37.5. The van der Waals surface area contributed by atoms with Crippen molar-refractivity contribution in [2.75, 3.05) is 59.1 Å². The minimum Gasteiger partial charge on any atom is -0.497 e. The van der Waals surface area contributed by atoms with E-state index in [4.69, 9.17) is 42.6 Å². The summed E-state index contributed by atoms with van der Waals surface area (Å²) < 4.78 is 49.9. The Bertz CT molecular complexity index is 3940. The van der Waals surface area contributed by atoms with Crippen molar-refractivity contribution < 1.29 is 52.8 Å². The van der Waals surface area contributed by atoms with Crippen LogP contribution in [0.2, 0.25) is 0 Å². The lowest BCUT2D eigenvalue weighted by molar-refractivity contribution is 0.0713. The average Bonchev–Trinajstić information content (AvgIpc) is 0.848. The van der Waals surface area contributed by atoms with Crippen molar-refractivity contribution in [2.24, 2.45) is 0 Å². The summed E-state index contributed by atoms with van der Waals surface area (Å²) in [6.07, 6.45) is 3.77. The molecule has 0 spiro atoms. The first kappa shape index (κ1) is 79.1. The molecule has 2 N–H and O–H groups in total. The maximum Gasteiger partial charge on any atom is 0.127 e. The number of aliphatic hydroxyl groups excluding tert-OH is 2. The number of fused-ring (bicyclic) bond motifs is 8. The second-order valence-corrected chi connectivity index (χ2v) is 31.5. The molecule has 103 heavy (non-hydrogen) atoms. The molecular weight excluding hydrogens is 1280 g/mol. The molecule has 0 aliphatic carbocycles. The van der Waals surface area contributed by atoms with E-state index in [1.807, 2.05) is 86.6 Å². The van der Waals surface area contributed by atoms with Gasteiger partial charge in [0.2, 0.25) is 0 Å². The number of ether oxygens (including phenoxy) is 9. The lowest BCUT2D eigenvalue weighted by Crippen LogP contribution is -2.34. The van der Waals surface area contributed by atoms with Gasteiger partial charge in [0.1, 0.15) is 70.3 Å². The Labute approximate surface area is 617 Å². The highest BCUT2D eigenvalue weighted by Crippen LogP contribution is 2.45. The summed E-state index contributed by atoms with van der Waals surface area (Å²) >= 11 is 0. The first-order valence-corrected chi connectivity index (χ1v) is 37.5. The van der Waals surface area contributed by atoms with Gasteiger partial charge in [-0.05, 0) is 209 Å². The van der Waals surface area contributed by atoms with E-state index in [2.05, 4.69) is 206 Å². The normalized spacial score (nSPS) is 23.9. The smallest absolute Gasteiger partial charge is 0.127 e. The maximum atomic E-state index is 9.50. The molecule has 554 valence electrons. The third kappa shape index (κ3) is 21.1. The van der Waals surface area contributed by atoms with E-state index >= 15 is 0 Å². The van der Waals surface area contributed by atoms with Crippen molar-refractivity contribution >= 4 is 5.69 Å². The van der Waals surface area contributed by atoms with E-state index < -0.39 is 0 Å². The fourth-order valence-corrected chi connectivity index (χ4v) is 15.3. The quantitative estimate of drug-likeness (QED) is 0.171. The Morgan fingerprint density at radius 3 is 1.41 bits per heavy atom. The van der Waals surface area contributed by atoms with Gasteiger partial charge >= 0.3 is 0 Å². The molecular formula is C91H119NO11. The molecule has 0 amide bonds. The highest BCUT2D eigenvalue weighted by atomic mass is 16.5. The summed E-state index contributed by atoms with van der Waals surface area (Å²) in [5.41, 5.74) is 17.3. The standard InChI is InChI=1S/2C13H18O2.C13H18O.C11H15N.C11H14O.2C10H12O2.C10H12O/c1-9-8-13(2,3)15-12-6-5-10(14-4)7-11(9)12;1-9-8-13(2,3)15-12-7-10(14-4)5-6-11(9)12;1-9-5-6-12-11(7-9)10(2)8-13(3,4)14-12;1-9-7-8-12(2)11-6-4-3-5-10(9)11;1-8-4-3-5-10-9(2)6-12-7-11(8)10;2*1-7-8-4-2-3-5-10(8)12-6-9(7)11;1-8-6-11-7-9-4-2-3-5-10(8)9/h2*5-7,9H,8H2,1-4H3;5-7,10H,8H2,1-4H3;3-6,9H,7-8H2,1-2H3;3-5,9H,6-7H2,1-2H3;2*2-5,7,9,11H,6H2,1H3;2-5,8H,6-7H2,1H3/t;;;;;2*7?,9-;/m.....10./s1. The molecule has 12 heteroatoms. The third-order valence-electron chi connectivity index (χ3n) is 21.1. The van der Waals surface area contributed by atoms with E-state index in [0.717, 1.165) is 103 Å². The topological polar surface area (TPSA) is 127 Å². The monoisotopic (exact) mass is 1400 g/mol. The van der Waals surface area contributed by atoms with Crippen molar-refractivity contribution in [3.63, 3.8) is 0 Å². The lowest BCUT2D eigenvalue weighted by atomic mass is 9.85. The number of aliphatic hydroxyl groups is 2. The molecule has 16 rings (SSSR count). The molecule has 10 atom stereocenters. The van der Waals surface area contributed by atoms with E-state index in [1.165, 1.54) is 74.3 Å². The zero-order valence-corrected chi connectivity index (χ0v) is 65.2. The summed E-state index contributed by atoms with van der Waals surface area (Å²) in [4.78, 5) is 2.34. The summed E-state index contributed by atoms with van der Waals surface area (Å²) in [7, 11) is 5.55. The van der Waals surface area contributed by atoms with E-state index in [0.29, 0.717) is 42.8 Å². The second-order valence-electron chi connectivity index (χ2n) is 31.5. The number of hydrogen-bond donors (Lipinski definition) is 2. The summed E-state index contributed by atoms with van der Waals surface area (Å²) in [6, 6.07) is 58.0. The molecule has 8 aromatic carbocycles. The highest BCUT2D eigenvalue weighted by Gasteiger charge is 2.35. The number of methoxy groups -OCH3 is 2. The number of rotatable bonds is 2. The van der Waals surface area contributed by atoms with Crippen molar-refractivity contribution in [3.8, 4) is 40.2 Å². The second kappa shape index (κ2) is 35.7. The van der Waals surface area contributed by atoms with E-state index in [9.17, 15) is 10.2 Å². The van der Waals surface area contributed by atoms with Gasteiger partial charge < -0.3 is 57.7 Å². The molecule has 0 bridgehead atoms. The fourth-order valence-electron chi connectivity index (χ4n) is 15.3. The third-order valence-corrected chi connectivity index (χ3v) is 21.1. The molecule has 8 aliphatic rings. The van der Waals surface area contributed by atoms with Gasteiger partial charge in [0, 0.05) is 54.6 Å². The Morgan fingerprint density at radius 2 is 0.854 bits per heavy atom. The van der Waals surface area contributed by atoms with Crippen molar-refractivity contribution in [3.05, 3.63) is 237 Å². The predicted octanol–water partition coefficient (Wildman–Crippen LogP) is 21.0. The largest absolute Gasteiger partial charge is 0.497 e. The minimum absolute atomic E-state index is 0.0122. The molecule has 0 aromatic heterocycles. The van der Waals surface area contributed by atoms with Crippen LogP contribution in [0.4, 0.5) is 5.69 Å². The number of anilines is 1. The van der Waals surface area contributed by atoms with Gasteiger partial charge in [0.05, 0.1) is 52.9 Å². The maximum absolute atomic E-state index is 9.50. The number of benzene rings is 8. The Hall–Kier alpha value is -8.00. The predicted molar refractivity (Wildman–Crippen MR) is 420 cm³/mol. The van der Waals surface area contributed by atoms with Gasteiger partial charge in [-0.2, -0.15) is 0 Å². The van der Waals surface area contributed by atoms with Crippen LogP contribution in [0.1, 0.15) is 237 Å². The zero-order chi connectivity index (χ0) is 74.3. The Morgan fingerprint density at radius 1 is 0.398 bits per heavy atom. The van der Waals surface area contributed by atoms with Crippen molar-refractivity contribution in [1.82, 2.24) is 0 Å². The van der Waals surface area contributed by atoms with Gasteiger partial charge in [0.15, 0.2) is 0 Å². The average molecular weight is 1400 g/mol. The van der Waals surface area contributed by atoms with Gasteiger partial charge in [-0.15, -0.1) is 0 Å². The van der Waals surface area contributed by atoms with Crippen molar-refractivity contribution in [2.45, 2.75) is 226 Å². The highest BCUT2D eigenvalue weighted by molar-refractivity contribution is 5.56.